The van der Waals surface area contributed by atoms with Crippen molar-refractivity contribution < 1.29 is 18.1 Å². The van der Waals surface area contributed by atoms with Gasteiger partial charge >= 0.3 is 0 Å². The lowest BCUT2D eigenvalue weighted by Gasteiger charge is -2.11. The molecule has 0 saturated carbocycles. The molecule has 3 rings (SSSR count). The number of nitrogens with one attached hydrogen (secondary N) is 1. The first kappa shape index (κ1) is 16.7. The fourth-order valence-electron chi connectivity index (χ4n) is 2.50. The number of sulfonamides is 1. The van der Waals surface area contributed by atoms with E-state index in [-0.39, 0.29) is 16.3 Å². The zero-order valence-corrected chi connectivity index (χ0v) is 14.0. The molecule has 0 radical (unpaired) electrons. The van der Waals surface area contributed by atoms with E-state index in [0.29, 0.717) is 16.5 Å². The molecule has 0 heterocycles. The highest BCUT2D eigenvalue weighted by atomic mass is 32.2. The largest absolute Gasteiger partial charge is 0.497 e. The van der Waals surface area contributed by atoms with Crippen LogP contribution in [0.3, 0.4) is 0 Å². The van der Waals surface area contributed by atoms with Crippen molar-refractivity contribution in [2.75, 3.05) is 11.8 Å². The number of nitro groups is 1. The van der Waals surface area contributed by atoms with Crippen molar-refractivity contribution in [3.63, 3.8) is 0 Å². The molecule has 7 nitrogen and oxygen atoms in total. The Morgan fingerprint density at radius 1 is 0.960 bits per heavy atom. The van der Waals surface area contributed by atoms with Gasteiger partial charge in [-0.05, 0) is 36.4 Å². The van der Waals surface area contributed by atoms with Crippen LogP contribution in [0.5, 0.6) is 5.75 Å². The molecule has 8 heteroatoms. The number of hydrogen-bond acceptors (Lipinski definition) is 5. The topological polar surface area (TPSA) is 98.5 Å². The Hall–Kier alpha value is -3.13. The predicted octanol–water partition coefficient (Wildman–Crippen LogP) is 3.56. The van der Waals surface area contributed by atoms with Crippen LogP contribution in [0.1, 0.15) is 0 Å². The van der Waals surface area contributed by atoms with Gasteiger partial charge in [-0.1, -0.05) is 18.2 Å². The molecule has 25 heavy (non-hydrogen) atoms. The van der Waals surface area contributed by atoms with E-state index >= 15 is 0 Å². The van der Waals surface area contributed by atoms with E-state index in [4.69, 9.17) is 4.74 Å². The first-order valence-electron chi connectivity index (χ1n) is 7.25. The van der Waals surface area contributed by atoms with Crippen molar-refractivity contribution in [3.8, 4) is 5.75 Å². The van der Waals surface area contributed by atoms with Gasteiger partial charge in [0.25, 0.3) is 15.7 Å². The molecule has 0 aliphatic rings. The number of anilines is 1. The summed E-state index contributed by atoms with van der Waals surface area (Å²) in [7, 11) is -2.35. The van der Waals surface area contributed by atoms with Crippen LogP contribution in [0.25, 0.3) is 10.8 Å². The van der Waals surface area contributed by atoms with Crippen molar-refractivity contribution in [1.82, 2.24) is 0 Å². The molecule has 0 aliphatic carbocycles. The number of fused-ring (bicyclic) bond motifs is 1. The van der Waals surface area contributed by atoms with E-state index in [0.717, 1.165) is 0 Å². The van der Waals surface area contributed by atoms with Gasteiger partial charge < -0.3 is 4.74 Å². The van der Waals surface area contributed by atoms with Gasteiger partial charge in [0.2, 0.25) is 0 Å². The number of hydrogen-bond donors (Lipinski definition) is 1. The number of nitro benzene ring substituents is 1. The molecule has 128 valence electrons. The summed E-state index contributed by atoms with van der Waals surface area (Å²) >= 11 is 0. The van der Waals surface area contributed by atoms with Gasteiger partial charge in [0.05, 0.1) is 28.0 Å². The Bertz CT molecular complexity index is 1050. The SMILES string of the molecule is COc1ccc(S(=O)(=O)Nc2cccc3c([N+](=O)[O-])cccc23)cc1. The van der Waals surface area contributed by atoms with E-state index < -0.39 is 14.9 Å². The Morgan fingerprint density at radius 2 is 1.60 bits per heavy atom. The van der Waals surface area contributed by atoms with Crippen LogP contribution in [0.2, 0.25) is 0 Å². The summed E-state index contributed by atoms with van der Waals surface area (Å²) in [5.41, 5.74) is 0.194. The first-order chi connectivity index (χ1) is 11.9. The molecule has 0 amide bonds. The number of benzene rings is 3. The van der Waals surface area contributed by atoms with Crippen molar-refractivity contribution >= 4 is 32.2 Å². The van der Waals surface area contributed by atoms with Crippen LogP contribution in [-0.4, -0.2) is 20.5 Å². The molecule has 3 aromatic rings. The van der Waals surface area contributed by atoms with E-state index in [1.165, 1.54) is 31.4 Å². The molecule has 0 unspecified atom stereocenters. The average Bonchev–Trinajstić information content (AvgIpc) is 2.61. The molecule has 0 fully saturated rings. The standard InChI is InChI=1S/C17H14N2O5S/c1-24-12-8-10-13(11-9-12)25(22,23)18-16-6-2-5-15-14(16)4-3-7-17(15)19(20)21/h2-11,18H,1H3. The summed E-state index contributed by atoms with van der Waals surface area (Å²) in [6, 6.07) is 15.2. The number of methoxy groups -OCH3 is 1. The highest BCUT2D eigenvalue weighted by molar-refractivity contribution is 7.92. The van der Waals surface area contributed by atoms with Gasteiger partial charge in [0, 0.05) is 11.5 Å². The Labute approximate surface area is 144 Å². The Morgan fingerprint density at radius 3 is 2.24 bits per heavy atom. The summed E-state index contributed by atoms with van der Waals surface area (Å²) in [6.07, 6.45) is 0. The van der Waals surface area contributed by atoms with Gasteiger partial charge in [-0.25, -0.2) is 8.42 Å². The van der Waals surface area contributed by atoms with Gasteiger partial charge in [-0.15, -0.1) is 0 Å². The third-order valence-corrected chi connectivity index (χ3v) is 5.09. The normalized spacial score (nSPS) is 11.2. The van der Waals surface area contributed by atoms with Gasteiger partial charge in [0.15, 0.2) is 0 Å². The van der Waals surface area contributed by atoms with Crippen molar-refractivity contribution in [3.05, 3.63) is 70.8 Å². The molecule has 3 aromatic carbocycles. The van der Waals surface area contributed by atoms with Gasteiger partial charge in [-0.3, -0.25) is 14.8 Å². The van der Waals surface area contributed by atoms with Crippen LogP contribution >= 0.6 is 0 Å². The minimum Gasteiger partial charge on any atom is -0.497 e. The lowest BCUT2D eigenvalue weighted by atomic mass is 10.1. The zero-order chi connectivity index (χ0) is 18.0. The lowest BCUT2D eigenvalue weighted by molar-refractivity contribution is -0.383. The number of non-ortho nitro benzene ring substituents is 1. The fraction of sp³-hybridized carbons (Fsp3) is 0.0588. The molecule has 0 aliphatic heterocycles. The second-order valence-corrected chi connectivity index (χ2v) is 6.90. The van der Waals surface area contributed by atoms with Crippen molar-refractivity contribution in [1.29, 1.82) is 0 Å². The summed E-state index contributed by atoms with van der Waals surface area (Å²) < 4.78 is 32.7. The number of nitrogens with zero attached hydrogens (tertiary/aromatic N) is 1. The molecular formula is C17H14N2O5S. The Balaban J connectivity index is 2.05. The minimum atomic E-state index is -3.84. The summed E-state index contributed by atoms with van der Waals surface area (Å²) in [5.74, 6) is 0.541. The van der Waals surface area contributed by atoms with E-state index in [1.54, 1.807) is 36.4 Å². The van der Waals surface area contributed by atoms with E-state index in [1.807, 2.05) is 0 Å². The van der Waals surface area contributed by atoms with Gasteiger partial charge in [0.1, 0.15) is 5.75 Å². The van der Waals surface area contributed by atoms with E-state index in [2.05, 4.69) is 4.72 Å². The highest BCUT2D eigenvalue weighted by Crippen LogP contribution is 2.31. The maximum absolute atomic E-state index is 12.6. The summed E-state index contributed by atoms with van der Waals surface area (Å²) in [6.45, 7) is 0. The van der Waals surface area contributed by atoms with Gasteiger partial charge in [-0.2, -0.15) is 0 Å². The molecular weight excluding hydrogens is 344 g/mol. The molecule has 0 aromatic heterocycles. The second-order valence-electron chi connectivity index (χ2n) is 5.22. The predicted molar refractivity (Wildman–Crippen MR) is 94.4 cm³/mol. The van der Waals surface area contributed by atoms with Crippen LogP contribution in [0.15, 0.2) is 65.6 Å². The minimum absolute atomic E-state index is 0.0655. The third-order valence-electron chi connectivity index (χ3n) is 3.71. The first-order valence-corrected chi connectivity index (χ1v) is 8.74. The van der Waals surface area contributed by atoms with Crippen LogP contribution in [0, 0.1) is 10.1 Å². The van der Waals surface area contributed by atoms with Crippen molar-refractivity contribution in [2.45, 2.75) is 4.90 Å². The maximum Gasteiger partial charge on any atom is 0.277 e. The molecule has 1 N–H and O–H groups in total. The van der Waals surface area contributed by atoms with Crippen LogP contribution in [-0.2, 0) is 10.0 Å². The lowest BCUT2D eigenvalue weighted by Crippen LogP contribution is -2.13. The van der Waals surface area contributed by atoms with Crippen LogP contribution in [0.4, 0.5) is 11.4 Å². The smallest absolute Gasteiger partial charge is 0.277 e. The monoisotopic (exact) mass is 358 g/mol. The second kappa shape index (κ2) is 6.40. The summed E-state index contributed by atoms with van der Waals surface area (Å²) in [4.78, 5) is 10.7. The molecule has 0 spiro atoms. The fourth-order valence-corrected chi connectivity index (χ4v) is 3.58. The summed E-state index contributed by atoms with van der Waals surface area (Å²) in [5, 5.41) is 12.0. The molecule has 0 saturated heterocycles. The van der Waals surface area contributed by atoms with E-state index in [9.17, 15) is 18.5 Å². The average molecular weight is 358 g/mol. The molecule has 0 bridgehead atoms. The quantitative estimate of drug-likeness (QED) is 0.555. The number of ether oxygens (including phenoxy) is 1. The zero-order valence-electron chi connectivity index (χ0n) is 13.2. The van der Waals surface area contributed by atoms with Crippen LogP contribution < -0.4 is 9.46 Å². The number of rotatable bonds is 5. The maximum atomic E-state index is 12.6. The van der Waals surface area contributed by atoms with Crippen molar-refractivity contribution in [2.24, 2.45) is 0 Å². The highest BCUT2D eigenvalue weighted by Gasteiger charge is 2.18. The Kier molecular flexibility index (Phi) is 4.28. The third kappa shape index (κ3) is 3.24. The molecule has 0 atom stereocenters.